The summed E-state index contributed by atoms with van der Waals surface area (Å²) in [5.41, 5.74) is 0.0277. The number of rotatable bonds is 3. The molecule has 1 N–H and O–H groups in total. The smallest absolute Gasteiger partial charge is 0.357 e. The van der Waals surface area contributed by atoms with Gasteiger partial charge in [-0.25, -0.2) is 9.78 Å². The van der Waals surface area contributed by atoms with E-state index < -0.39 is 11.6 Å². The number of carbonyl (C=O) groups is 1. The monoisotopic (exact) mass is 221 g/mol. The molecular formula is C11H13N2O3. The molecular weight excluding hydrogens is 208 g/mol. The number of nitrogens with zero attached hydrogens (tertiary/aromatic N) is 1. The van der Waals surface area contributed by atoms with Gasteiger partial charge in [0.05, 0.1) is 0 Å². The van der Waals surface area contributed by atoms with Crippen LogP contribution in [0, 0.1) is 0 Å². The fourth-order valence-corrected chi connectivity index (χ4v) is 1.01. The first-order chi connectivity index (χ1) is 7.42. The van der Waals surface area contributed by atoms with E-state index in [1.54, 1.807) is 26.8 Å². The van der Waals surface area contributed by atoms with Crippen LogP contribution in [0.4, 0.5) is 5.69 Å². The van der Waals surface area contributed by atoms with Gasteiger partial charge < -0.3 is 10.1 Å². The zero-order chi connectivity index (χ0) is 12.2. The molecule has 0 fully saturated rings. The summed E-state index contributed by atoms with van der Waals surface area (Å²) in [6.07, 6.45) is 2.93. The van der Waals surface area contributed by atoms with Crippen LogP contribution in [0.3, 0.4) is 0 Å². The lowest BCUT2D eigenvalue weighted by Gasteiger charge is -2.19. The first-order valence-corrected chi connectivity index (χ1v) is 4.75. The Hall–Kier alpha value is -1.91. The predicted octanol–water partition coefficient (Wildman–Crippen LogP) is 1.52. The summed E-state index contributed by atoms with van der Waals surface area (Å²) in [5, 5.41) is 2.31. The van der Waals surface area contributed by atoms with Crippen LogP contribution in [-0.2, 0) is 9.53 Å². The van der Waals surface area contributed by atoms with Crippen LogP contribution >= 0.6 is 0 Å². The molecule has 0 aliphatic carbocycles. The Morgan fingerprint density at radius 1 is 1.50 bits per heavy atom. The molecule has 0 bridgehead atoms. The van der Waals surface area contributed by atoms with Crippen molar-refractivity contribution in [3.63, 3.8) is 0 Å². The van der Waals surface area contributed by atoms with E-state index in [9.17, 15) is 9.59 Å². The van der Waals surface area contributed by atoms with Crippen LogP contribution in [0.2, 0.25) is 0 Å². The molecule has 0 aliphatic heterocycles. The Bertz CT molecular complexity index is 396. The average Bonchev–Trinajstić information content (AvgIpc) is 2.16. The molecule has 1 aromatic rings. The van der Waals surface area contributed by atoms with Gasteiger partial charge in [-0.05, 0) is 32.9 Å². The number of aromatic nitrogens is 1. The van der Waals surface area contributed by atoms with Crippen molar-refractivity contribution in [3.8, 4) is 0 Å². The zero-order valence-electron chi connectivity index (χ0n) is 9.40. The highest BCUT2D eigenvalue weighted by Gasteiger charge is 2.18. The van der Waals surface area contributed by atoms with Gasteiger partial charge in [-0.1, -0.05) is 0 Å². The second-order valence-electron chi connectivity index (χ2n) is 4.16. The molecule has 1 radical (unpaired) electrons. The van der Waals surface area contributed by atoms with E-state index in [0.29, 0.717) is 5.69 Å². The maximum Gasteiger partial charge on any atom is 0.357 e. The second kappa shape index (κ2) is 4.74. The molecule has 1 amide bonds. The number of hydrogen-bond acceptors (Lipinski definition) is 4. The number of amides is 1. The topological polar surface area (TPSA) is 68.3 Å². The van der Waals surface area contributed by atoms with Crippen LogP contribution in [-0.4, -0.2) is 23.0 Å². The second-order valence-corrected chi connectivity index (χ2v) is 4.16. The number of anilines is 1. The van der Waals surface area contributed by atoms with Crippen molar-refractivity contribution >= 4 is 18.1 Å². The highest BCUT2D eigenvalue weighted by atomic mass is 16.6. The number of nitrogens with one attached hydrogen (secondary N) is 1. The van der Waals surface area contributed by atoms with Crippen molar-refractivity contribution < 1.29 is 14.3 Å². The molecule has 1 rings (SSSR count). The predicted molar refractivity (Wildman–Crippen MR) is 58.7 cm³/mol. The number of esters is 1. The lowest BCUT2D eigenvalue weighted by molar-refractivity contribution is 0.00629. The Morgan fingerprint density at radius 3 is 2.75 bits per heavy atom. The molecule has 0 unspecified atom stereocenters. The van der Waals surface area contributed by atoms with Crippen molar-refractivity contribution in [2.45, 2.75) is 26.4 Å². The van der Waals surface area contributed by atoms with Gasteiger partial charge in [0.25, 0.3) is 0 Å². The third-order valence-corrected chi connectivity index (χ3v) is 1.56. The number of carbonyl (C=O) groups excluding carboxylic acids is 2. The summed E-state index contributed by atoms with van der Waals surface area (Å²) >= 11 is 0. The lowest BCUT2D eigenvalue weighted by atomic mass is 10.2. The maximum absolute atomic E-state index is 11.6. The number of pyridine rings is 1. The highest BCUT2D eigenvalue weighted by Crippen LogP contribution is 2.13. The van der Waals surface area contributed by atoms with Crippen molar-refractivity contribution in [1.82, 2.24) is 4.98 Å². The van der Waals surface area contributed by atoms with Gasteiger partial charge in [0, 0.05) is 11.9 Å². The summed E-state index contributed by atoms with van der Waals surface area (Å²) in [6, 6.07) is 2.98. The Labute approximate surface area is 93.8 Å². The van der Waals surface area contributed by atoms with E-state index in [-0.39, 0.29) is 5.69 Å². The van der Waals surface area contributed by atoms with Gasteiger partial charge in [-0.15, -0.1) is 0 Å². The molecule has 5 nitrogen and oxygen atoms in total. The molecule has 1 heterocycles. The molecule has 0 atom stereocenters. The minimum atomic E-state index is -0.570. The fraction of sp³-hybridized carbons (Fsp3) is 0.364. The molecule has 16 heavy (non-hydrogen) atoms. The summed E-state index contributed by atoms with van der Waals surface area (Å²) < 4.78 is 5.13. The normalized spacial score (nSPS) is 10.7. The summed E-state index contributed by atoms with van der Waals surface area (Å²) in [4.78, 5) is 25.6. The Morgan fingerprint density at radius 2 is 2.19 bits per heavy atom. The molecule has 0 saturated carbocycles. The van der Waals surface area contributed by atoms with E-state index in [1.807, 2.05) is 0 Å². The molecule has 1 aromatic heterocycles. The largest absolute Gasteiger partial charge is 0.455 e. The summed E-state index contributed by atoms with van der Waals surface area (Å²) in [6.45, 7) is 5.31. The SMILES string of the molecule is CC(C)(C)OC(=O)c1cc(N[C]=O)ccn1. The Balaban J connectivity index is 2.83. The van der Waals surface area contributed by atoms with Crippen LogP contribution in [0.5, 0.6) is 0 Å². The first kappa shape index (κ1) is 12.2. The minimum Gasteiger partial charge on any atom is -0.455 e. The standard InChI is InChI=1S/C11H13N2O3/c1-11(2,3)16-10(15)9-6-8(13-7-14)4-5-12-9/h4-6H,1-3H3,(H,12,13,14). The lowest BCUT2D eigenvalue weighted by Crippen LogP contribution is -2.24. The van der Waals surface area contributed by atoms with Gasteiger partial charge >= 0.3 is 12.4 Å². The molecule has 5 heteroatoms. The van der Waals surface area contributed by atoms with Crippen molar-refractivity contribution in [2.75, 3.05) is 5.32 Å². The van der Waals surface area contributed by atoms with Crippen molar-refractivity contribution in [3.05, 3.63) is 24.0 Å². The average molecular weight is 221 g/mol. The van der Waals surface area contributed by atoms with E-state index in [4.69, 9.17) is 4.74 Å². The summed E-state index contributed by atoms with van der Waals surface area (Å²) in [5.74, 6) is -0.526. The minimum absolute atomic E-state index is 0.148. The third-order valence-electron chi connectivity index (χ3n) is 1.56. The first-order valence-electron chi connectivity index (χ1n) is 4.75. The van der Waals surface area contributed by atoms with Crippen molar-refractivity contribution in [2.24, 2.45) is 0 Å². The molecule has 85 valence electrons. The van der Waals surface area contributed by atoms with Crippen LogP contribution < -0.4 is 5.32 Å². The van der Waals surface area contributed by atoms with E-state index in [2.05, 4.69) is 10.3 Å². The molecule has 0 aliphatic rings. The van der Waals surface area contributed by atoms with Crippen LogP contribution in [0.15, 0.2) is 18.3 Å². The van der Waals surface area contributed by atoms with Crippen LogP contribution in [0.1, 0.15) is 31.3 Å². The summed E-state index contributed by atoms with van der Waals surface area (Å²) in [7, 11) is 0. The molecule has 0 aromatic carbocycles. The fourth-order valence-electron chi connectivity index (χ4n) is 1.01. The van der Waals surface area contributed by atoms with Gasteiger partial charge in [-0.2, -0.15) is 0 Å². The number of ether oxygens (including phenoxy) is 1. The van der Waals surface area contributed by atoms with E-state index in [1.165, 1.54) is 18.7 Å². The van der Waals surface area contributed by atoms with Crippen LogP contribution in [0.25, 0.3) is 0 Å². The third kappa shape index (κ3) is 3.68. The van der Waals surface area contributed by atoms with E-state index in [0.717, 1.165) is 0 Å². The van der Waals surface area contributed by atoms with E-state index >= 15 is 0 Å². The van der Waals surface area contributed by atoms with Gasteiger partial charge in [0.2, 0.25) is 0 Å². The van der Waals surface area contributed by atoms with Gasteiger partial charge in [0.1, 0.15) is 11.3 Å². The molecule has 0 saturated heterocycles. The Kier molecular flexibility index (Phi) is 3.60. The molecule has 0 spiro atoms. The van der Waals surface area contributed by atoms with Gasteiger partial charge in [0.15, 0.2) is 0 Å². The highest BCUT2D eigenvalue weighted by molar-refractivity contribution is 5.89. The van der Waals surface area contributed by atoms with Gasteiger partial charge in [-0.3, -0.25) is 4.79 Å². The number of hydrogen-bond donors (Lipinski definition) is 1. The van der Waals surface area contributed by atoms with Crippen molar-refractivity contribution in [1.29, 1.82) is 0 Å². The quantitative estimate of drug-likeness (QED) is 0.620. The maximum atomic E-state index is 11.6. The zero-order valence-corrected chi connectivity index (χ0v) is 9.40.